The van der Waals surface area contributed by atoms with Crippen molar-refractivity contribution in [1.29, 1.82) is 0 Å². The molecule has 0 saturated carbocycles. The highest BCUT2D eigenvalue weighted by Crippen LogP contribution is 2.23. The fourth-order valence-electron chi connectivity index (χ4n) is 2.53. The van der Waals surface area contributed by atoms with Crippen LogP contribution < -0.4 is 4.90 Å². The molecule has 0 N–H and O–H groups in total. The first-order chi connectivity index (χ1) is 9.25. The smallest absolute Gasteiger partial charge is 0.216 e. The van der Waals surface area contributed by atoms with E-state index in [0.717, 1.165) is 13.1 Å². The van der Waals surface area contributed by atoms with Crippen molar-refractivity contribution in [3.63, 3.8) is 0 Å². The molecule has 2 nitrogen and oxygen atoms in total. The Balaban J connectivity index is 1.94. The second-order valence-electron chi connectivity index (χ2n) is 4.98. The summed E-state index contributed by atoms with van der Waals surface area (Å²) in [4.78, 5) is 2.21. The minimum absolute atomic E-state index is 0.985. The van der Waals surface area contributed by atoms with E-state index in [1.54, 1.807) is 0 Å². The summed E-state index contributed by atoms with van der Waals surface area (Å²) in [6.45, 7) is 6.26. The molecule has 2 aromatic rings. The van der Waals surface area contributed by atoms with Crippen LogP contribution in [0.5, 0.6) is 0 Å². The van der Waals surface area contributed by atoms with Gasteiger partial charge in [0.1, 0.15) is 24.5 Å². The maximum Gasteiger partial charge on any atom is 0.374 e. The van der Waals surface area contributed by atoms with Crippen LogP contribution in [-0.4, -0.2) is 24.0 Å². The molecule has 95 valence electrons. The van der Waals surface area contributed by atoms with E-state index in [-0.39, 0.29) is 0 Å². The SMILES string of the molecule is Cc1ccccc1N1[C]=[N+](c2ccccc2C)CC1. The normalized spacial score (nSPS) is 14.6. The average Bonchev–Trinajstić information content (AvgIpc) is 2.89. The van der Waals surface area contributed by atoms with Crippen LogP contribution in [0, 0.1) is 13.8 Å². The van der Waals surface area contributed by atoms with Crippen molar-refractivity contribution < 1.29 is 4.58 Å². The second-order valence-corrected chi connectivity index (χ2v) is 4.98. The molecule has 0 bridgehead atoms. The molecule has 2 aromatic carbocycles. The van der Waals surface area contributed by atoms with Gasteiger partial charge in [-0.2, -0.15) is 0 Å². The molecule has 0 spiro atoms. The molecule has 19 heavy (non-hydrogen) atoms. The molecule has 0 unspecified atom stereocenters. The lowest BCUT2D eigenvalue weighted by molar-refractivity contribution is -0.424. The molecule has 2 heteroatoms. The van der Waals surface area contributed by atoms with Gasteiger partial charge in [0, 0.05) is 0 Å². The highest BCUT2D eigenvalue weighted by molar-refractivity contribution is 5.79. The lowest BCUT2D eigenvalue weighted by atomic mass is 10.2. The van der Waals surface area contributed by atoms with Gasteiger partial charge in [-0.05, 0) is 37.1 Å². The van der Waals surface area contributed by atoms with Crippen molar-refractivity contribution in [2.75, 3.05) is 18.0 Å². The second kappa shape index (κ2) is 4.88. The standard InChI is InChI=1S/C17H18N2/c1-14-7-3-5-9-16(14)18-11-12-19(13-18)17-10-6-4-8-15(17)2/h3-10H,11-12H2,1-2H3/q+1. The van der Waals surface area contributed by atoms with Gasteiger partial charge in [0.25, 0.3) is 0 Å². The third kappa shape index (κ3) is 2.26. The number of anilines is 1. The van der Waals surface area contributed by atoms with Crippen LogP contribution >= 0.6 is 0 Å². The molecule has 1 radical (unpaired) electrons. The summed E-state index contributed by atoms with van der Waals surface area (Å²) in [7, 11) is 0. The van der Waals surface area contributed by atoms with E-state index in [1.165, 1.54) is 22.5 Å². The summed E-state index contributed by atoms with van der Waals surface area (Å²) in [6, 6.07) is 16.9. The zero-order valence-electron chi connectivity index (χ0n) is 11.4. The third-order valence-corrected chi connectivity index (χ3v) is 3.60. The van der Waals surface area contributed by atoms with E-state index >= 15 is 0 Å². The monoisotopic (exact) mass is 250 g/mol. The number of rotatable bonds is 2. The van der Waals surface area contributed by atoms with Gasteiger partial charge < -0.3 is 0 Å². The summed E-state index contributed by atoms with van der Waals surface area (Å²) < 4.78 is 2.21. The predicted molar refractivity (Wildman–Crippen MR) is 79.5 cm³/mol. The number of benzene rings is 2. The van der Waals surface area contributed by atoms with E-state index in [2.05, 4.69) is 78.2 Å². The Kier molecular flexibility index (Phi) is 3.08. The topological polar surface area (TPSA) is 6.25 Å². The molecule has 0 aliphatic carbocycles. The zero-order valence-corrected chi connectivity index (χ0v) is 11.4. The van der Waals surface area contributed by atoms with Gasteiger partial charge in [0.05, 0.1) is 0 Å². The van der Waals surface area contributed by atoms with Crippen LogP contribution in [0.4, 0.5) is 11.4 Å². The molecule has 0 saturated heterocycles. The fourth-order valence-corrected chi connectivity index (χ4v) is 2.53. The number of para-hydroxylation sites is 2. The van der Waals surface area contributed by atoms with Crippen molar-refractivity contribution >= 4 is 17.7 Å². The van der Waals surface area contributed by atoms with Gasteiger partial charge in [0.15, 0.2) is 0 Å². The Hall–Kier alpha value is -2.09. The first-order valence-corrected chi connectivity index (χ1v) is 6.68. The Morgan fingerprint density at radius 3 is 2.37 bits per heavy atom. The largest absolute Gasteiger partial charge is 0.374 e. The first-order valence-electron chi connectivity index (χ1n) is 6.68. The number of hydrogen-bond donors (Lipinski definition) is 0. The molecule has 1 aliphatic rings. The van der Waals surface area contributed by atoms with E-state index in [1.807, 2.05) is 0 Å². The van der Waals surface area contributed by atoms with Crippen LogP contribution in [0.2, 0.25) is 0 Å². The molecule has 0 aromatic heterocycles. The van der Waals surface area contributed by atoms with Crippen molar-refractivity contribution in [3.05, 3.63) is 59.7 Å². The summed E-state index contributed by atoms with van der Waals surface area (Å²) in [5.41, 5.74) is 5.08. The van der Waals surface area contributed by atoms with Crippen LogP contribution in [0.15, 0.2) is 48.5 Å². The quantitative estimate of drug-likeness (QED) is 0.741. The Labute approximate surface area is 114 Å². The first kappa shape index (κ1) is 12.0. The van der Waals surface area contributed by atoms with Gasteiger partial charge in [-0.15, -0.1) is 0 Å². The highest BCUT2D eigenvalue weighted by atomic mass is 15.3. The summed E-state index contributed by atoms with van der Waals surface area (Å²) in [5, 5.41) is 0. The molecule has 0 atom stereocenters. The van der Waals surface area contributed by atoms with E-state index < -0.39 is 0 Å². The van der Waals surface area contributed by atoms with Crippen LogP contribution in [0.1, 0.15) is 11.1 Å². The Morgan fingerprint density at radius 2 is 1.63 bits per heavy atom. The molecular weight excluding hydrogens is 232 g/mol. The number of hydrogen-bond acceptors (Lipinski definition) is 1. The molecule has 0 amide bonds. The van der Waals surface area contributed by atoms with Crippen LogP contribution in [0.3, 0.4) is 0 Å². The third-order valence-electron chi connectivity index (χ3n) is 3.60. The molecule has 3 rings (SSSR count). The van der Waals surface area contributed by atoms with Gasteiger partial charge in [-0.3, -0.25) is 0 Å². The minimum atomic E-state index is 0.985. The van der Waals surface area contributed by atoms with Crippen molar-refractivity contribution in [3.8, 4) is 0 Å². The Bertz CT molecular complexity index is 629. The van der Waals surface area contributed by atoms with Crippen molar-refractivity contribution in [1.82, 2.24) is 0 Å². The maximum absolute atomic E-state index is 3.47. The van der Waals surface area contributed by atoms with Gasteiger partial charge in [0.2, 0.25) is 0 Å². The van der Waals surface area contributed by atoms with Crippen molar-refractivity contribution in [2.45, 2.75) is 13.8 Å². The van der Waals surface area contributed by atoms with Crippen LogP contribution in [-0.2, 0) is 0 Å². The lowest BCUT2D eigenvalue weighted by Crippen LogP contribution is -2.18. The van der Waals surface area contributed by atoms with E-state index in [9.17, 15) is 0 Å². The fraction of sp³-hybridized carbons (Fsp3) is 0.235. The van der Waals surface area contributed by atoms with Gasteiger partial charge >= 0.3 is 6.34 Å². The Morgan fingerprint density at radius 1 is 0.947 bits per heavy atom. The lowest BCUT2D eigenvalue weighted by Gasteiger charge is -2.07. The highest BCUT2D eigenvalue weighted by Gasteiger charge is 2.26. The number of aryl methyl sites for hydroxylation is 2. The molecule has 1 aliphatic heterocycles. The molecule has 0 fully saturated rings. The summed E-state index contributed by atoms with van der Waals surface area (Å²) in [5.74, 6) is 0. The average molecular weight is 250 g/mol. The predicted octanol–water partition coefficient (Wildman–Crippen LogP) is 3.37. The molecular formula is C17H18N2+. The number of nitrogens with zero attached hydrogens (tertiary/aromatic N) is 2. The van der Waals surface area contributed by atoms with Crippen LogP contribution in [0.25, 0.3) is 0 Å². The minimum Gasteiger partial charge on any atom is -0.216 e. The molecule has 1 heterocycles. The zero-order chi connectivity index (χ0) is 13.2. The van der Waals surface area contributed by atoms with E-state index in [4.69, 9.17) is 0 Å². The van der Waals surface area contributed by atoms with Crippen molar-refractivity contribution in [2.24, 2.45) is 0 Å². The summed E-state index contributed by atoms with van der Waals surface area (Å²) in [6.07, 6.45) is 3.47. The van der Waals surface area contributed by atoms with Gasteiger partial charge in [-0.1, -0.05) is 36.4 Å². The summed E-state index contributed by atoms with van der Waals surface area (Å²) >= 11 is 0. The maximum atomic E-state index is 3.47. The van der Waals surface area contributed by atoms with Gasteiger partial charge in [-0.25, -0.2) is 9.48 Å². The van der Waals surface area contributed by atoms with E-state index in [0.29, 0.717) is 0 Å².